The van der Waals surface area contributed by atoms with Crippen molar-refractivity contribution in [2.75, 3.05) is 27.4 Å². The van der Waals surface area contributed by atoms with Crippen molar-refractivity contribution in [1.82, 2.24) is 4.31 Å². The zero-order valence-corrected chi connectivity index (χ0v) is 13.8. The van der Waals surface area contributed by atoms with Crippen molar-refractivity contribution >= 4 is 10.0 Å². The number of hydrogen-bond acceptors (Lipinski definition) is 5. The Kier molecular flexibility index (Phi) is 4.93. The Morgan fingerprint density at radius 1 is 1.23 bits per heavy atom. The van der Waals surface area contributed by atoms with Crippen LogP contribution in [-0.2, 0) is 14.8 Å². The number of sulfonamides is 1. The SMILES string of the molecule is COc1cc(F)c(S(=O)(=O)N2C[C@@H](C)OC[C@H]2C)cc1OC. The average Bonchev–Trinajstić information content (AvgIpc) is 2.48. The topological polar surface area (TPSA) is 65.1 Å². The molecule has 0 aromatic heterocycles. The molecule has 0 bridgehead atoms. The molecule has 0 radical (unpaired) electrons. The maximum Gasteiger partial charge on any atom is 0.246 e. The van der Waals surface area contributed by atoms with Gasteiger partial charge >= 0.3 is 0 Å². The molecule has 1 aromatic carbocycles. The Morgan fingerprint density at radius 2 is 1.82 bits per heavy atom. The molecule has 0 spiro atoms. The lowest BCUT2D eigenvalue weighted by molar-refractivity contribution is -0.0171. The first-order valence-corrected chi connectivity index (χ1v) is 8.30. The maximum absolute atomic E-state index is 14.3. The van der Waals surface area contributed by atoms with E-state index in [1.165, 1.54) is 18.5 Å². The van der Waals surface area contributed by atoms with Crippen molar-refractivity contribution in [3.05, 3.63) is 17.9 Å². The first-order chi connectivity index (χ1) is 10.3. The molecular weight excluding hydrogens is 313 g/mol. The Balaban J connectivity index is 2.49. The zero-order chi connectivity index (χ0) is 16.5. The highest BCUT2D eigenvalue weighted by Gasteiger charge is 2.36. The number of benzene rings is 1. The summed E-state index contributed by atoms with van der Waals surface area (Å²) in [4.78, 5) is -0.425. The normalized spacial score (nSPS) is 23.3. The van der Waals surface area contributed by atoms with E-state index in [0.717, 1.165) is 12.1 Å². The van der Waals surface area contributed by atoms with E-state index in [2.05, 4.69) is 0 Å². The van der Waals surface area contributed by atoms with Crippen LogP contribution in [0.1, 0.15) is 13.8 Å². The van der Waals surface area contributed by atoms with Gasteiger partial charge in [0.05, 0.1) is 26.9 Å². The fourth-order valence-electron chi connectivity index (χ4n) is 2.37. The van der Waals surface area contributed by atoms with Crippen LogP contribution in [0.15, 0.2) is 17.0 Å². The molecule has 22 heavy (non-hydrogen) atoms. The van der Waals surface area contributed by atoms with Crippen LogP contribution >= 0.6 is 0 Å². The summed E-state index contributed by atoms with van der Waals surface area (Å²) in [7, 11) is -1.26. The van der Waals surface area contributed by atoms with Crippen LogP contribution in [0.5, 0.6) is 11.5 Å². The molecular formula is C14H20FNO5S. The fourth-order valence-corrected chi connectivity index (χ4v) is 4.12. The van der Waals surface area contributed by atoms with Crippen LogP contribution in [-0.4, -0.2) is 52.2 Å². The molecule has 2 atom stereocenters. The molecule has 1 heterocycles. The fraction of sp³-hybridized carbons (Fsp3) is 0.571. The summed E-state index contributed by atoms with van der Waals surface area (Å²) in [6.07, 6.45) is -0.241. The van der Waals surface area contributed by atoms with Crippen molar-refractivity contribution in [3.8, 4) is 11.5 Å². The van der Waals surface area contributed by atoms with Crippen molar-refractivity contribution < 1.29 is 27.0 Å². The largest absolute Gasteiger partial charge is 0.493 e. The molecule has 124 valence electrons. The molecule has 0 unspecified atom stereocenters. The monoisotopic (exact) mass is 333 g/mol. The van der Waals surface area contributed by atoms with Crippen LogP contribution in [0, 0.1) is 5.82 Å². The molecule has 8 heteroatoms. The van der Waals surface area contributed by atoms with Gasteiger partial charge in [-0.2, -0.15) is 4.31 Å². The van der Waals surface area contributed by atoms with E-state index in [1.54, 1.807) is 13.8 Å². The first kappa shape index (κ1) is 17.0. The first-order valence-electron chi connectivity index (χ1n) is 6.86. The number of hydrogen-bond donors (Lipinski definition) is 0. The van der Waals surface area contributed by atoms with Crippen LogP contribution in [0.4, 0.5) is 4.39 Å². The highest BCUT2D eigenvalue weighted by Crippen LogP contribution is 2.34. The van der Waals surface area contributed by atoms with Crippen molar-refractivity contribution in [2.24, 2.45) is 0 Å². The molecule has 0 saturated carbocycles. The van der Waals surface area contributed by atoms with Gasteiger partial charge in [-0.15, -0.1) is 0 Å². The Morgan fingerprint density at radius 3 is 2.41 bits per heavy atom. The summed E-state index contributed by atoms with van der Waals surface area (Å²) in [5, 5.41) is 0. The van der Waals surface area contributed by atoms with Gasteiger partial charge in [0, 0.05) is 24.7 Å². The molecule has 1 saturated heterocycles. The van der Waals surface area contributed by atoms with Gasteiger partial charge in [0.25, 0.3) is 0 Å². The number of rotatable bonds is 4. The van der Waals surface area contributed by atoms with Gasteiger partial charge in [0.1, 0.15) is 10.7 Å². The van der Waals surface area contributed by atoms with Crippen molar-refractivity contribution in [1.29, 1.82) is 0 Å². The van der Waals surface area contributed by atoms with E-state index in [1.807, 2.05) is 0 Å². The van der Waals surface area contributed by atoms with Gasteiger partial charge in [-0.1, -0.05) is 0 Å². The van der Waals surface area contributed by atoms with Crippen LogP contribution in [0.25, 0.3) is 0 Å². The van der Waals surface area contributed by atoms with Gasteiger partial charge in [0.15, 0.2) is 11.5 Å². The number of morpholine rings is 1. The minimum absolute atomic E-state index is 0.141. The summed E-state index contributed by atoms with van der Waals surface area (Å²) in [5.41, 5.74) is 0. The van der Waals surface area contributed by atoms with E-state index < -0.39 is 20.7 Å². The number of halogens is 1. The van der Waals surface area contributed by atoms with Gasteiger partial charge in [0.2, 0.25) is 10.0 Å². The summed E-state index contributed by atoms with van der Waals surface area (Å²) in [6.45, 7) is 3.95. The van der Waals surface area contributed by atoms with E-state index in [4.69, 9.17) is 14.2 Å². The highest BCUT2D eigenvalue weighted by atomic mass is 32.2. The molecule has 6 nitrogen and oxygen atoms in total. The third kappa shape index (κ3) is 3.04. The second kappa shape index (κ2) is 6.39. The highest BCUT2D eigenvalue weighted by molar-refractivity contribution is 7.89. The average molecular weight is 333 g/mol. The van der Waals surface area contributed by atoms with Crippen molar-refractivity contribution in [3.63, 3.8) is 0 Å². The van der Waals surface area contributed by atoms with Crippen LogP contribution in [0.2, 0.25) is 0 Å². The van der Waals surface area contributed by atoms with Crippen LogP contribution < -0.4 is 9.47 Å². The second-order valence-electron chi connectivity index (χ2n) is 5.21. The predicted molar refractivity (Wildman–Crippen MR) is 78.3 cm³/mol. The summed E-state index contributed by atoms with van der Waals surface area (Å²) in [6, 6.07) is 1.80. The zero-order valence-electron chi connectivity index (χ0n) is 13.0. The molecule has 1 fully saturated rings. The minimum Gasteiger partial charge on any atom is -0.493 e. The summed E-state index contributed by atoms with van der Waals surface area (Å²) in [5.74, 6) is -0.567. The predicted octanol–water partition coefficient (Wildman–Crippen LogP) is 1.64. The summed E-state index contributed by atoms with van der Waals surface area (Å²) < 4.78 is 56.5. The smallest absolute Gasteiger partial charge is 0.246 e. The van der Waals surface area contributed by atoms with E-state index in [0.29, 0.717) is 0 Å². The van der Waals surface area contributed by atoms with E-state index in [-0.39, 0.29) is 36.8 Å². The third-order valence-electron chi connectivity index (χ3n) is 3.58. The molecule has 0 amide bonds. The van der Waals surface area contributed by atoms with E-state index >= 15 is 0 Å². The van der Waals surface area contributed by atoms with Crippen molar-refractivity contribution in [2.45, 2.75) is 30.9 Å². The lowest BCUT2D eigenvalue weighted by atomic mass is 10.2. The Hall–Kier alpha value is -1.38. The molecule has 2 rings (SSSR count). The van der Waals surface area contributed by atoms with Gasteiger partial charge in [-0.3, -0.25) is 0 Å². The Labute approximate surface area is 129 Å². The molecule has 1 aliphatic heterocycles. The standard InChI is InChI=1S/C14H20FNO5S/c1-9-8-21-10(2)7-16(9)22(17,18)14-6-13(20-4)12(19-3)5-11(14)15/h5-6,9-10H,7-8H2,1-4H3/t9-,10-/m1/s1. The lowest BCUT2D eigenvalue weighted by Crippen LogP contribution is -2.50. The Bertz CT molecular complexity index is 649. The number of ether oxygens (including phenoxy) is 3. The van der Waals surface area contributed by atoms with Gasteiger partial charge < -0.3 is 14.2 Å². The van der Waals surface area contributed by atoms with E-state index in [9.17, 15) is 12.8 Å². The minimum atomic E-state index is -3.99. The number of methoxy groups -OCH3 is 2. The molecule has 1 aromatic rings. The molecule has 1 aliphatic rings. The van der Waals surface area contributed by atoms with Crippen LogP contribution in [0.3, 0.4) is 0 Å². The van der Waals surface area contributed by atoms with Gasteiger partial charge in [-0.25, -0.2) is 12.8 Å². The summed E-state index contributed by atoms with van der Waals surface area (Å²) >= 11 is 0. The number of nitrogens with zero attached hydrogens (tertiary/aromatic N) is 1. The van der Waals surface area contributed by atoms with Gasteiger partial charge in [-0.05, 0) is 13.8 Å². The molecule has 0 aliphatic carbocycles. The quantitative estimate of drug-likeness (QED) is 0.838. The second-order valence-corrected chi connectivity index (χ2v) is 7.06. The lowest BCUT2D eigenvalue weighted by Gasteiger charge is -2.35. The maximum atomic E-state index is 14.3. The third-order valence-corrected chi connectivity index (χ3v) is 5.57. The molecule has 0 N–H and O–H groups in total.